The van der Waals surface area contributed by atoms with Crippen LogP contribution < -0.4 is 5.32 Å². The molecule has 86 valence electrons. The summed E-state index contributed by atoms with van der Waals surface area (Å²) in [5.74, 6) is -0.0281. The Bertz CT molecular complexity index is 229. The first kappa shape index (κ1) is 10.9. The molecule has 2 heterocycles. The molecule has 0 aromatic rings. The second kappa shape index (κ2) is 4.92. The molecule has 1 amide bonds. The molecule has 0 aliphatic carbocycles. The van der Waals surface area contributed by atoms with Gasteiger partial charge in [0.15, 0.2) is 0 Å². The number of rotatable bonds is 2. The highest BCUT2D eigenvalue weighted by Gasteiger charge is 2.36. The summed E-state index contributed by atoms with van der Waals surface area (Å²) >= 11 is 0. The molecule has 2 rings (SSSR count). The average molecular weight is 214 g/mol. The number of hydrogen-bond donors (Lipinski definition) is 1. The van der Waals surface area contributed by atoms with E-state index in [4.69, 9.17) is 9.57 Å². The van der Waals surface area contributed by atoms with Crippen LogP contribution >= 0.6 is 0 Å². The van der Waals surface area contributed by atoms with Crippen LogP contribution in [0.25, 0.3) is 0 Å². The van der Waals surface area contributed by atoms with Crippen LogP contribution in [0, 0.1) is 5.92 Å². The number of hydrogen-bond acceptors (Lipinski definition) is 4. The van der Waals surface area contributed by atoms with Crippen molar-refractivity contribution in [3.63, 3.8) is 0 Å². The minimum Gasteiger partial charge on any atom is -0.379 e. The lowest BCUT2D eigenvalue weighted by atomic mass is 10.0. The maximum Gasteiger partial charge on any atom is 0.253 e. The predicted octanol–water partition coefficient (Wildman–Crippen LogP) is -0.225. The van der Waals surface area contributed by atoms with Crippen molar-refractivity contribution >= 4 is 5.91 Å². The molecule has 2 atom stereocenters. The Morgan fingerprint density at radius 1 is 1.40 bits per heavy atom. The third kappa shape index (κ3) is 2.30. The van der Waals surface area contributed by atoms with Gasteiger partial charge in [-0.05, 0) is 19.9 Å². The summed E-state index contributed by atoms with van der Waals surface area (Å²) in [6.45, 7) is 2.49. The van der Waals surface area contributed by atoms with E-state index in [1.807, 2.05) is 7.05 Å². The topological polar surface area (TPSA) is 50.8 Å². The minimum absolute atomic E-state index is 0.0616. The lowest BCUT2D eigenvalue weighted by molar-refractivity contribution is -0.201. The first-order chi connectivity index (χ1) is 7.33. The summed E-state index contributed by atoms with van der Waals surface area (Å²) in [6, 6.07) is 0.128. The monoisotopic (exact) mass is 214 g/mol. The Morgan fingerprint density at radius 2 is 2.27 bits per heavy atom. The van der Waals surface area contributed by atoms with E-state index in [-0.39, 0.29) is 17.9 Å². The molecule has 2 aliphatic heterocycles. The fourth-order valence-corrected chi connectivity index (χ4v) is 2.04. The van der Waals surface area contributed by atoms with Crippen molar-refractivity contribution in [1.82, 2.24) is 10.4 Å². The van der Waals surface area contributed by atoms with E-state index in [2.05, 4.69) is 5.32 Å². The second-order valence-corrected chi connectivity index (χ2v) is 4.02. The molecule has 2 unspecified atom stereocenters. The maximum atomic E-state index is 12.1. The molecule has 0 aromatic heterocycles. The Kier molecular flexibility index (Phi) is 3.56. The van der Waals surface area contributed by atoms with Crippen LogP contribution in [0.3, 0.4) is 0 Å². The van der Waals surface area contributed by atoms with Gasteiger partial charge in [0.2, 0.25) is 0 Å². The average Bonchev–Trinajstić information content (AvgIpc) is 2.77. The number of carbonyl (C=O) groups is 1. The zero-order valence-corrected chi connectivity index (χ0v) is 9.07. The first-order valence-corrected chi connectivity index (χ1v) is 5.52. The summed E-state index contributed by atoms with van der Waals surface area (Å²) in [6.07, 6.45) is 2.07. The van der Waals surface area contributed by atoms with Gasteiger partial charge in [-0.15, -0.1) is 0 Å². The normalized spacial score (nSPS) is 31.9. The molecule has 2 aliphatic rings. The van der Waals surface area contributed by atoms with Gasteiger partial charge in [-0.1, -0.05) is 0 Å². The summed E-state index contributed by atoms with van der Waals surface area (Å²) in [5, 5.41) is 4.61. The van der Waals surface area contributed by atoms with Gasteiger partial charge in [-0.3, -0.25) is 9.63 Å². The molecular formula is C10H18N2O3. The van der Waals surface area contributed by atoms with Crippen molar-refractivity contribution in [1.29, 1.82) is 0 Å². The van der Waals surface area contributed by atoms with Crippen molar-refractivity contribution in [2.75, 3.05) is 33.4 Å². The highest BCUT2D eigenvalue weighted by atomic mass is 16.7. The van der Waals surface area contributed by atoms with Gasteiger partial charge >= 0.3 is 0 Å². The van der Waals surface area contributed by atoms with E-state index >= 15 is 0 Å². The molecule has 0 bridgehead atoms. The van der Waals surface area contributed by atoms with Gasteiger partial charge in [-0.25, -0.2) is 5.06 Å². The van der Waals surface area contributed by atoms with E-state index in [0.29, 0.717) is 26.4 Å². The SMILES string of the molecule is CNC1COCC1C(=O)N1CCCCO1. The summed E-state index contributed by atoms with van der Waals surface area (Å²) in [5.41, 5.74) is 0. The van der Waals surface area contributed by atoms with Gasteiger partial charge in [-0.2, -0.15) is 0 Å². The van der Waals surface area contributed by atoms with Crippen molar-refractivity contribution in [3.8, 4) is 0 Å². The smallest absolute Gasteiger partial charge is 0.253 e. The molecule has 0 radical (unpaired) electrons. The van der Waals surface area contributed by atoms with Crippen molar-refractivity contribution in [2.45, 2.75) is 18.9 Å². The van der Waals surface area contributed by atoms with Crippen LogP contribution in [0.15, 0.2) is 0 Å². The number of amides is 1. The predicted molar refractivity (Wildman–Crippen MR) is 54.1 cm³/mol. The highest BCUT2D eigenvalue weighted by Crippen LogP contribution is 2.18. The first-order valence-electron chi connectivity index (χ1n) is 5.52. The van der Waals surface area contributed by atoms with Crippen LogP contribution in [0.1, 0.15) is 12.8 Å². The summed E-state index contributed by atoms with van der Waals surface area (Å²) < 4.78 is 5.31. The van der Waals surface area contributed by atoms with Gasteiger partial charge in [0.05, 0.1) is 25.7 Å². The number of ether oxygens (including phenoxy) is 1. The largest absolute Gasteiger partial charge is 0.379 e. The lowest BCUT2D eigenvalue weighted by Gasteiger charge is -2.29. The number of hydroxylamine groups is 2. The Labute approximate surface area is 89.7 Å². The lowest BCUT2D eigenvalue weighted by Crippen LogP contribution is -2.46. The number of carbonyl (C=O) groups excluding carboxylic acids is 1. The third-order valence-electron chi connectivity index (χ3n) is 3.02. The minimum atomic E-state index is -0.0897. The Hall–Kier alpha value is -0.650. The summed E-state index contributed by atoms with van der Waals surface area (Å²) in [7, 11) is 1.86. The number of nitrogens with zero attached hydrogens (tertiary/aromatic N) is 1. The molecule has 2 fully saturated rings. The van der Waals surface area contributed by atoms with Gasteiger partial charge < -0.3 is 10.1 Å². The number of nitrogens with one attached hydrogen (secondary N) is 1. The second-order valence-electron chi connectivity index (χ2n) is 4.02. The highest BCUT2D eigenvalue weighted by molar-refractivity contribution is 5.79. The molecule has 0 spiro atoms. The molecule has 5 heteroatoms. The van der Waals surface area contributed by atoms with Gasteiger partial charge in [0, 0.05) is 12.6 Å². The molecule has 0 saturated carbocycles. The van der Waals surface area contributed by atoms with E-state index < -0.39 is 0 Å². The van der Waals surface area contributed by atoms with Crippen LogP contribution in [0.5, 0.6) is 0 Å². The van der Waals surface area contributed by atoms with Crippen LogP contribution in [0.4, 0.5) is 0 Å². The van der Waals surface area contributed by atoms with Crippen LogP contribution in [0.2, 0.25) is 0 Å². The van der Waals surface area contributed by atoms with Crippen molar-refractivity contribution < 1.29 is 14.4 Å². The fraction of sp³-hybridized carbons (Fsp3) is 0.900. The zero-order chi connectivity index (χ0) is 10.7. The zero-order valence-electron chi connectivity index (χ0n) is 9.07. The van der Waals surface area contributed by atoms with Crippen molar-refractivity contribution in [2.24, 2.45) is 5.92 Å². The number of likely N-dealkylation sites (N-methyl/N-ethyl adjacent to an activating group) is 1. The molecule has 2 saturated heterocycles. The molecular weight excluding hydrogens is 196 g/mol. The van der Waals surface area contributed by atoms with E-state index in [1.54, 1.807) is 0 Å². The van der Waals surface area contributed by atoms with Crippen molar-refractivity contribution in [3.05, 3.63) is 0 Å². The van der Waals surface area contributed by atoms with E-state index in [9.17, 15) is 4.79 Å². The third-order valence-corrected chi connectivity index (χ3v) is 3.02. The van der Waals surface area contributed by atoms with Crippen LogP contribution in [-0.4, -0.2) is 50.4 Å². The standard InChI is InChI=1S/C10H18N2O3/c1-11-9-7-14-6-8(9)10(13)12-4-2-3-5-15-12/h8-9,11H,2-7H2,1H3. The fourth-order valence-electron chi connectivity index (χ4n) is 2.04. The van der Waals surface area contributed by atoms with Gasteiger partial charge in [0.25, 0.3) is 5.91 Å². The van der Waals surface area contributed by atoms with Gasteiger partial charge in [0.1, 0.15) is 0 Å². The summed E-state index contributed by atoms with van der Waals surface area (Å²) in [4.78, 5) is 17.4. The molecule has 1 N–H and O–H groups in total. The Balaban J connectivity index is 1.93. The molecule has 5 nitrogen and oxygen atoms in total. The van der Waals surface area contributed by atoms with E-state index in [1.165, 1.54) is 5.06 Å². The molecule has 15 heavy (non-hydrogen) atoms. The van der Waals surface area contributed by atoms with Crippen LogP contribution in [-0.2, 0) is 14.4 Å². The Morgan fingerprint density at radius 3 is 2.93 bits per heavy atom. The maximum absolute atomic E-state index is 12.1. The van der Waals surface area contributed by atoms with E-state index in [0.717, 1.165) is 12.8 Å². The quantitative estimate of drug-likeness (QED) is 0.690. The molecule has 0 aromatic carbocycles.